The van der Waals surface area contributed by atoms with Gasteiger partial charge in [0.15, 0.2) is 0 Å². The fourth-order valence-electron chi connectivity index (χ4n) is 2.32. The van der Waals surface area contributed by atoms with E-state index in [0.717, 1.165) is 23.7 Å². The number of fused-ring (bicyclic) bond motifs is 2. The normalized spacial score (nSPS) is 54.9. The van der Waals surface area contributed by atoms with Crippen molar-refractivity contribution in [3.8, 4) is 0 Å². The van der Waals surface area contributed by atoms with Gasteiger partial charge < -0.3 is 0 Å². The third kappa shape index (κ3) is 0.593. The second-order valence-electron chi connectivity index (χ2n) is 3.67. The second kappa shape index (κ2) is 1.62. The highest BCUT2D eigenvalue weighted by Crippen LogP contribution is 2.47. The smallest absolute Gasteiger partial charge is 0.0199 e. The Hall–Kier alpha value is -0.260. The maximum absolute atomic E-state index is 2.41. The molecule has 1 saturated carbocycles. The molecule has 0 heterocycles. The van der Waals surface area contributed by atoms with E-state index in [1.54, 1.807) is 0 Å². The highest BCUT2D eigenvalue weighted by Gasteiger charge is 2.38. The first-order valence-electron chi connectivity index (χ1n) is 3.97. The second-order valence-corrected chi connectivity index (χ2v) is 3.67. The van der Waals surface area contributed by atoms with Gasteiger partial charge in [0.1, 0.15) is 0 Å². The highest BCUT2D eigenvalue weighted by molar-refractivity contribution is 5.11. The Morgan fingerprint density at radius 2 is 1.44 bits per heavy atom. The molecule has 2 aliphatic rings. The Bertz CT molecular complexity index is 130. The predicted octanol–water partition coefficient (Wildman–Crippen LogP) is 2.46. The summed E-state index contributed by atoms with van der Waals surface area (Å²) >= 11 is 0. The van der Waals surface area contributed by atoms with Crippen LogP contribution in [0.4, 0.5) is 0 Å². The number of hydrogen-bond donors (Lipinski definition) is 0. The lowest BCUT2D eigenvalue weighted by Gasteiger charge is -2.19. The van der Waals surface area contributed by atoms with Gasteiger partial charge in [-0.3, -0.25) is 0 Å². The molecular weight excluding hydrogens is 108 g/mol. The summed E-state index contributed by atoms with van der Waals surface area (Å²) in [5.41, 5.74) is 0. The summed E-state index contributed by atoms with van der Waals surface area (Å²) in [6, 6.07) is 0. The minimum Gasteiger partial charge on any atom is -0.0848 e. The monoisotopic (exact) mass is 122 g/mol. The molecule has 0 nitrogen and oxygen atoms in total. The van der Waals surface area contributed by atoms with Crippen LogP contribution in [0.1, 0.15) is 20.3 Å². The molecule has 0 spiro atoms. The molecule has 0 amide bonds. The van der Waals surface area contributed by atoms with E-state index in [9.17, 15) is 0 Å². The third-order valence-electron chi connectivity index (χ3n) is 3.33. The van der Waals surface area contributed by atoms with Gasteiger partial charge in [0, 0.05) is 0 Å². The van der Waals surface area contributed by atoms with E-state index in [0.29, 0.717) is 0 Å². The average molecular weight is 122 g/mol. The van der Waals surface area contributed by atoms with Crippen molar-refractivity contribution in [1.29, 1.82) is 0 Å². The lowest BCUT2D eigenvalue weighted by molar-refractivity contribution is 0.364. The molecular formula is C9H14. The fourth-order valence-corrected chi connectivity index (χ4v) is 2.32. The lowest BCUT2D eigenvalue weighted by atomic mass is 9.86. The molecule has 1 fully saturated rings. The standard InChI is InChI=1S/C9H14/c1-6-7(2)9-4-3-8(6)5-9/h3-4,6-9H,5H2,1-2H3/t6-,7-,8?,9?/m0/s1. The van der Waals surface area contributed by atoms with Gasteiger partial charge in [0.2, 0.25) is 0 Å². The van der Waals surface area contributed by atoms with Gasteiger partial charge in [-0.25, -0.2) is 0 Å². The first-order chi connectivity index (χ1) is 4.29. The Kier molecular flexibility index (Phi) is 0.992. The molecule has 0 heteroatoms. The molecule has 0 aromatic heterocycles. The van der Waals surface area contributed by atoms with Gasteiger partial charge >= 0.3 is 0 Å². The summed E-state index contributed by atoms with van der Waals surface area (Å²) in [7, 11) is 0. The zero-order valence-corrected chi connectivity index (χ0v) is 6.17. The minimum absolute atomic E-state index is 0.935. The van der Waals surface area contributed by atoms with Crippen molar-refractivity contribution in [3.63, 3.8) is 0 Å². The molecule has 0 N–H and O–H groups in total. The van der Waals surface area contributed by atoms with Crippen molar-refractivity contribution >= 4 is 0 Å². The summed E-state index contributed by atoms with van der Waals surface area (Å²) in [4.78, 5) is 0. The van der Waals surface area contributed by atoms with Crippen LogP contribution in [0.3, 0.4) is 0 Å². The van der Waals surface area contributed by atoms with Gasteiger partial charge in [-0.05, 0) is 30.1 Å². The van der Waals surface area contributed by atoms with Gasteiger partial charge in [-0.15, -0.1) is 0 Å². The van der Waals surface area contributed by atoms with Gasteiger partial charge in [-0.1, -0.05) is 26.0 Å². The molecule has 2 unspecified atom stereocenters. The first kappa shape index (κ1) is 5.52. The van der Waals surface area contributed by atoms with Crippen molar-refractivity contribution < 1.29 is 0 Å². The Labute approximate surface area is 57.0 Å². The molecule has 0 aromatic rings. The van der Waals surface area contributed by atoms with E-state index in [2.05, 4.69) is 26.0 Å². The number of hydrogen-bond acceptors (Lipinski definition) is 0. The molecule has 0 saturated heterocycles. The number of allylic oxidation sites excluding steroid dienone is 2. The van der Waals surface area contributed by atoms with E-state index < -0.39 is 0 Å². The molecule has 0 aliphatic heterocycles. The topological polar surface area (TPSA) is 0 Å². The van der Waals surface area contributed by atoms with E-state index in [-0.39, 0.29) is 0 Å². The maximum Gasteiger partial charge on any atom is -0.0199 e. The van der Waals surface area contributed by atoms with Crippen molar-refractivity contribution in [2.24, 2.45) is 23.7 Å². The van der Waals surface area contributed by atoms with Gasteiger partial charge in [-0.2, -0.15) is 0 Å². The summed E-state index contributed by atoms with van der Waals surface area (Å²) in [5, 5.41) is 0. The molecule has 2 rings (SSSR count). The SMILES string of the molecule is C[C@@H]1C2C=CC(C2)[C@H]1C. The quantitative estimate of drug-likeness (QED) is 0.433. The van der Waals surface area contributed by atoms with Crippen molar-refractivity contribution in [1.82, 2.24) is 0 Å². The Balaban J connectivity index is 2.26. The summed E-state index contributed by atoms with van der Waals surface area (Å²) in [6.45, 7) is 4.78. The number of rotatable bonds is 0. The molecule has 2 bridgehead atoms. The first-order valence-corrected chi connectivity index (χ1v) is 3.97. The maximum atomic E-state index is 2.41. The Morgan fingerprint density at radius 1 is 1.00 bits per heavy atom. The van der Waals surface area contributed by atoms with E-state index in [1.807, 2.05) is 0 Å². The van der Waals surface area contributed by atoms with Crippen LogP contribution in [-0.4, -0.2) is 0 Å². The third-order valence-corrected chi connectivity index (χ3v) is 3.33. The van der Waals surface area contributed by atoms with Crippen molar-refractivity contribution in [2.75, 3.05) is 0 Å². The van der Waals surface area contributed by atoms with Gasteiger partial charge in [0.25, 0.3) is 0 Å². The molecule has 0 radical (unpaired) electrons. The zero-order valence-electron chi connectivity index (χ0n) is 6.17. The molecule has 9 heavy (non-hydrogen) atoms. The van der Waals surface area contributed by atoms with Crippen molar-refractivity contribution in [3.05, 3.63) is 12.2 Å². The summed E-state index contributed by atoms with van der Waals surface area (Å²) < 4.78 is 0. The zero-order chi connectivity index (χ0) is 6.43. The summed E-state index contributed by atoms with van der Waals surface area (Å²) in [5.74, 6) is 3.79. The highest BCUT2D eigenvalue weighted by atomic mass is 14.4. The molecule has 4 atom stereocenters. The largest absolute Gasteiger partial charge is 0.0848 e. The van der Waals surface area contributed by atoms with Crippen LogP contribution in [0.2, 0.25) is 0 Å². The van der Waals surface area contributed by atoms with E-state index >= 15 is 0 Å². The van der Waals surface area contributed by atoms with Crippen LogP contribution < -0.4 is 0 Å². The molecule has 2 aliphatic carbocycles. The van der Waals surface area contributed by atoms with Crippen LogP contribution in [0, 0.1) is 23.7 Å². The molecule has 50 valence electrons. The van der Waals surface area contributed by atoms with Crippen LogP contribution in [0.15, 0.2) is 12.2 Å². The summed E-state index contributed by atoms with van der Waals surface area (Å²) in [6.07, 6.45) is 6.27. The Morgan fingerprint density at radius 3 is 1.67 bits per heavy atom. The van der Waals surface area contributed by atoms with E-state index in [1.165, 1.54) is 6.42 Å². The van der Waals surface area contributed by atoms with Crippen LogP contribution in [-0.2, 0) is 0 Å². The minimum atomic E-state index is 0.935. The van der Waals surface area contributed by atoms with Crippen LogP contribution in [0.25, 0.3) is 0 Å². The van der Waals surface area contributed by atoms with Crippen LogP contribution in [0.5, 0.6) is 0 Å². The average Bonchev–Trinajstić information content (AvgIpc) is 2.37. The predicted molar refractivity (Wildman–Crippen MR) is 39.1 cm³/mol. The molecule has 0 aromatic carbocycles. The van der Waals surface area contributed by atoms with Crippen LogP contribution >= 0.6 is 0 Å². The van der Waals surface area contributed by atoms with Crippen molar-refractivity contribution in [2.45, 2.75) is 20.3 Å². The fraction of sp³-hybridized carbons (Fsp3) is 0.778. The van der Waals surface area contributed by atoms with Gasteiger partial charge in [0.05, 0.1) is 0 Å². The lowest BCUT2D eigenvalue weighted by Crippen LogP contribution is -2.12. The van der Waals surface area contributed by atoms with E-state index in [4.69, 9.17) is 0 Å².